The van der Waals surface area contributed by atoms with Crippen molar-refractivity contribution in [1.29, 1.82) is 0 Å². The van der Waals surface area contributed by atoms with Crippen LogP contribution in [0, 0.1) is 5.82 Å². The van der Waals surface area contributed by atoms with Gasteiger partial charge in [-0.2, -0.15) is 5.10 Å². The van der Waals surface area contributed by atoms with Crippen LogP contribution in [0.3, 0.4) is 0 Å². The van der Waals surface area contributed by atoms with Crippen LogP contribution in [0.2, 0.25) is 0 Å². The number of hydrazone groups is 1. The third-order valence-corrected chi connectivity index (χ3v) is 3.08. The van der Waals surface area contributed by atoms with E-state index in [1.54, 1.807) is 12.1 Å². The van der Waals surface area contributed by atoms with Gasteiger partial charge in [0.1, 0.15) is 11.6 Å². The Morgan fingerprint density at radius 2 is 2.05 bits per heavy atom. The molecule has 0 aliphatic rings. The van der Waals surface area contributed by atoms with Gasteiger partial charge in [-0.3, -0.25) is 4.79 Å². The summed E-state index contributed by atoms with van der Waals surface area (Å²) in [5.41, 5.74) is 3.03. The lowest BCUT2D eigenvalue weighted by atomic mass is 10.2. The molecule has 1 amide bonds. The van der Waals surface area contributed by atoms with E-state index in [0.29, 0.717) is 10.0 Å². The molecular weight excluding hydrogens is 327 g/mol. The number of hydrogen-bond acceptors (Lipinski definition) is 3. The van der Waals surface area contributed by atoms with Gasteiger partial charge in [0.05, 0.1) is 16.3 Å². The number of benzene rings is 2. The summed E-state index contributed by atoms with van der Waals surface area (Å²) in [5, 5.41) is 13.3. The number of phenols is 1. The van der Waals surface area contributed by atoms with Crippen LogP contribution in [-0.2, 0) is 0 Å². The van der Waals surface area contributed by atoms with E-state index in [-0.39, 0.29) is 17.1 Å². The van der Waals surface area contributed by atoms with Crippen molar-refractivity contribution in [3.05, 3.63) is 63.9 Å². The average Bonchev–Trinajstić information content (AvgIpc) is 2.43. The van der Waals surface area contributed by atoms with Gasteiger partial charge in [0, 0.05) is 0 Å². The highest BCUT2D eigenvalue weighted by Crippen LogP contribution is 2.16. The Hall–Kier alpha value is -2.21. The van der Waals surface area contributed by atoms with Crippen LogP contribution in [0.1, 0.15) is 15.9 Å². The molecular formula is C14H10BrFN2O2. The molecule has 0 aliphatic heterocycles. The largest absolute Gasteiger partial charge is 0.507 e. The Morgan fingerprint density at radius 3 is 2.75 bits per heavy atom. The molecule has 2 N–H and O–H groups in total. The van der Waals surface area contributed by atoms with E-state index in [1.807, 2.05) is 0 Å². The van der Waals surface area contributed by atoms with E-state index >= 15 is 0 Å². The summed E-state index contributed by atoms with van der Waals surface area (Å²) in [5.74, 6) is -1.02. The molecule has 20 heavy (non-hydrogen) atoms. The van der Waals surface area contributed by atoms with E-state index in [0.717, 1.165) is 0 Å². The number of amides is 1. The molecule has 4 nitrogen and oxygen atoms in total. The molecule has 0 bridgehead atoms. The van der Waals surface area contributed by atoms with Crippen molar-refractivity contribution in [2.24, 2.45) is 5.10 Å². The van der Waals surface area contributed by atoms with Gasteiger partial charge in [-0.25, -0.2) is 9.82 Å². The third kappa shape index (κ3) is 3.42. The molecule has 0 fully saturated rings. The number of phenolic OH excluding ortho intramolecular Hbond substituents is 1. The lowest BCUT2D eigenvalue weighted by molar-refractivity contribution is 0.0952. The fourth-order valence-corrected chi connectivity index (χ4v) is 1.88. The maximum absolute atomic E-state index is 13.0. The van der Waals surface area contributed by atoms with Gasteiger partial charge in [0.15, 0.2) is 0 Å². The lowest BCUT2D eigenvalue weighted by Gasteiger charge is -2.02. The van der Waals surface area contributed by atoms with Gasteiger partial charge in [0.2, 0.25) is 0 Å². The van der Waals surface area contributed by atoms with Gasteiger partial charge in [-0.1, -0.05) is 18.2 Å². The van der Waals surface area contributed by atoms with Crippen LogP contribution in [0.5, 0.6) is 5.75 Å². The normalized spacial score (nSPS) is 10.7. The van der Waals surface area contributed by atoms with Crippen LogP contribution in [0.4, 0.5) is 4.39 Å². The predicted molar refractivity (Wildman–Crippen MR) is 77.3 cm³/mol. The standard InChI is InChI=1S/C14H10BrFN2O2/c15-11-7-9(5-6-12(11)16)8-17-18-14(20)10-3-1-2-4-13(10)19/h1-8,19H,(H,18,20)/b17-8+. The first kappa shape index (κ1) is 14.2. The smallest absolute Gasteiger partial charge is 0.275 e. The minimum atomic E-state index is -0.527. The maximum atomic E-state index is 13.0. The highest BCUT2D eigenvalue weighted by Gasteiger charge is 2.08. The van der Waals surface area contributed by atoms with E-state index in [9.17, 15) is 14.3 Å². The molecule has 0 aromatic heterocycles. The van der Waals surface area contributed by atoms with Crippen molar-refractivity contribution < 1.29 is 14.3 Å². The number of rotatable bonds is 3. The summed E-state index contributed by atoms with van der Waals surface area (Å²) < 4.78 is 13.3. The molecule has 2 aromatic rings. The molecule has 2 rings (SSSR count). The van der Waals surface area contributed by atoms with Crippen LogP contribution in [0.15, 0.2) is 52.0 Å². The number of para-hydroxylation sites is 1. The van der Waals surface area contributed by atoms with Crippen LogP contribution in [0.25, 0.3) is 0 Å². The molecule has 0 heterocycles. The van der Waals surface area contributed by atoms with Gasteiger partial charge in [-0.15, -0.1) is 0 Å². The second kappa shape index (κ2) is 6.29. The van der Waals surface area contributed by atoms with Crippen molar-refractivity contribution in [3.8, 4) is 5.75 Å². The summed E-state index contributed by atoms with van der Waals surface area (Å²) in [6.07, 6.45) is 1.38. The Kier molecular flexibility index (Phi) is 4.47. The minimum absolute atomic E-state index is 0.121. The number of nitrogens with one attached hydrogen (secondary N) is 1. The molecule has 0 spiro atoms. The topological polar surface area (TPSA) is 61.7 Å². The van der Waals surface area contributed by atoms with Crippen LogP contribution < -0.4 is 5.43 Å². The van der Waals surface area contributed by atoms with E-state index in [2.05, 4.69) is 26.5 Å². The van der Waals surface area contributed by atoms with Crippen molar-refractivity contribution in [2.45, 2.75) is 0 Å². The second-order valence-electron chi connectivity index (χ2n) is 3.89. The first-order chi connectivity index (χ1) is 9.58. The van der Waals surface area contributed by atoms with Crippen molar-refractivity contribution in [3.63, 3.8) is 0 Å². The number of carbonyl (C=O) groups is 1. The lowest BCUT2D eigenvalue weighted by Crippen LogP contribution is -2.17. The van der Waals surface area contributed by atoms with Crippen LogP contribution >= 0.6 is 15.9 Å². The fourth-order valence-electron chi connectivity index (χ4n) is 1.48. The van der Waals surface area contributed by atoms with Gasteiger partial charge in [-0.05, 0) is 45.8 Å². The quantitative estimate of drug-likeness (QED) is 0.668. The van der Waals surface area contributed by atoms with Crippen molar-refractivity contribution >= 4 is 28.1 Å². The first-order valence-corrected chi connectivity index (χ1v) is 6.43. The Morgan fingerprint density at radius 1 is 1.30 bits per heavy atom. The van der Waals surface area contributed by atoms with Crippen LogP contribution in [-0.4, -0.2) is 17.2 Å². The molecule has 0 saturated heterocycles. The van der Waals surface area contributed by atoms with Gasteiger partial charge < -0.3 is 5.11 Å². The summed E-state index contributed by atoms with van der Waals surface area (Å²) >= 11 is 3.06. The minimum Gasteiger partial charge on any atom is -0.507 e. The maximum Gasteiger partial charge on any atom is 0.275 e. The highest BCUT2D eigenvalue weighted by molar-refractivity contribution is 9.10. The average molecular weight is 337 g/mol. The summed E-state index contributed by atoms with van der Waals surface area (Å²) in [6, 6.07) is 10.5. The Balaban J connectivity index is 2.05. The molecule has 0 aliphatic carbocycles. The Bertz CT molecular complexity index is 674. The number of nitrogens with zero attached hydrogens (tertiary/aromatic N) is 1. The van der Waals surface area contributed by atoms with Crippen molar-refractivity contribution in [1.82, 2.24) is 5.43 Å². The van der Waals surface area contributed by atoms with E-state index < -0.39 is 5.91 Å². The second-order valence-corrected chi connectivity index (χ2v) is 4.74. The predicted octanol–water partition coefficient (Wildman–Crippen LogP) is 3.06. The molecule has 0 saturated carbocycles. The zero-order valence-corrected chi connectivity index (χ0v) is 11.8. The van der Waals surface area contributed by atoms with E-state index in [4.69, 9.17) is 0 Å². The van der Waals surface area contributed by atoms with Gasteiger partial charge >= 0.3 is 0 Å². The molecule has 2 aromatic carbocycles. The molecule has 6 heteroatoms. The number of carbonyl (C=O) groups excluding carboxylic acids is 1. The fraction of sp³-hybridized carbons (Fsp3) is 0. The molecule has 0 unspecified atom stereocenters. The number of hydrogen-bond donors (Lipinski definition) is 2. The third-order valence-electron chi connectivity index (χ3n) is 2.47. The van der Waals surface area contributed by atoms with E-state index in [1.165, 1.54) is 36.5 Å². The number of aromatic hydroxyl groups is 1. The highest BCUT2D eigenvalue weighted by atomic mass is 79.9. The molecule has 0 radical (unpaired) electrons. The van der Waals surface area contributed by atoms with Crippen molar-refractivity contribution in [2.75, 3.05) is 0 Å². The zero-order chi connectivity index (χ0) is 14.5. The van der Waals surface area contributed by atoms with Gasteiger partial charge in [0.25, 0.3) is 5.91 Å². The Labute approximate surface area is 123 Å². The summed E-state index contributed by atoms with van der Waals surface area (Å²) in [6.45, 7) is 0. The molecule has 102 valence electrons. The summed E-state index contributed by atoms with van der Waals surface area (Å²) in [4.78, 5) is 11.7. The molecule has 0 atom stereocenters. The number of halogens is 2. The summed E-state index contributed by atoms with van der Waals surface area (Å²) in [7, 11) is 0. The monoisotopic (exact) mass is 336 g/mol. The zero-order valence-electron chi connectivity index (χ0n) is 10.2. The SMILES string of the molecule is O=C(N/N=C/c1ccc(F)c(Br)c1)c1ccccc1O. The first-order valence-electron chi connectivity index (χ1n) is 5.64.